The Bertz CT molecular complexity index is 2070. The number of phosphoric ester groups is 2. The van der Waals surface area contributed by atoms with Crippen LogP contribution in [0.1, 0.15) is 490 Å². The molecular weight excluding hydrogens is 1410 g/mol. The summed E-state index contributed by atoms with van der Waals surface area (Å²) in [5, 5.41) is 10.7. The minimum absolute atomic E-state index is 0.108. The highest BCUT2D eigenvalue weighted by atomic mass is 31.2. The van der Waals surface area contributed by atoms with Gasteiger partial charge in [0.05, 0.1) is 26.4 Å². The van der Waals surface area contributed by atoms with E-state index >= 15 is 0 Å². The lowest BCUT2D eigenvalue weighted by atomic mass is 10.00. The van der Waals surface area contributed by atoms with Crippen molar-refractivity contribution in [2.45, 2.75) is 509 Å². The Balaban J connectivity index is 5.22. The number of ether oxygens (including phenoxy) is 4. The van der Waals surface area contributed by atoms with Gasteiger partial charge in [0.2, 0.25) is 0 Å². The molecule has 0 heterocycles. The SMILES string of the molecule is CCCCCCCCCCCCCCCCCCCCCCCC(=O)O[C@H](COC(=O)CCCCCCCCCCCCCCCCCCCCC)COP(=O)(O)OC[C@@H](O)COP(=O)(O)OC[C@@H](COC(=O)CCCCCCCCC(C)CC)OC(=O)CCCCCCCCCCCCCCCCCCCCC. The van der Waals surface area contributed by atoms with Gasteiger partial charge in [-0.15, -0.1) is 0 Å². The number of carbonyl (C=O) groups excluding carboxylic acids is 4. The van der Waals surface area contributed by atoms with E-state index < -0.39 is 97.5 Å². The number of rotatable bonds is 90. The van der Waals surface area contributed by atoms with Crippen molar-refractivity contribution in [1.82, 2.24) is 0 Å². The molecule has 17 nitrogen and oxygen atoms in total. The molecule has 109 heavy (non-hydrogen) atoms. The zero-order valence-electron chi connectivity index (χ0n) is 71.7. The van der Waals surface area contributed by atoms with E-state index in [1.807, 2.05) is 0 Å². The zero-order valence-corrected chi connectivity index (χ0v) is 73.5. The fourth-order valence-electron chi connectivity index (χ4n) is 14.1. The maximum absolute atomic E-state index is 13.2. The van der Waals surface area contributed by atoms with Gasteiger partial charge in [0.25, 0.3) is 0 Å². The van der Waals surface area contributed by atoms with Crippen LogP contribution >= 0.6 is 15.6 Å². The van der Waals surface area contributed by atoms with Gasteiger partial charge >= 0.3 is 39.5 Å². The summed E-state index contributed by atoms with van der Waals surface area (Å²) in [6, 6.07) is 0. The number of unbranched alkanes of at least 4 members (excludes halogenated alkanes) is 61. The van der Waals surface area contributed by atoms with E-state index in [0.717, 1.165) is 102 Å². The van der Waals surface area contributed by atoms with Gasteiger partial charge < -0.3 is 33.8 Å². The van der Waals surface area contributed by atoms with Crippen LogP contribution in [0.3, 0.4) is 0 Å². The monoisotopic (exact) mass is 1590 g/mol. The van der Waals surface area contributed by atoms with Crippen LogP contribution < -0.4 is 0 Å². The number of aliphatic hydroxyl groups excluding tert-OH is 1. The highest BCUT2D eigenvalue weighted by Gasteiger charge is 2.31. The highest BCUT2D eigenvalue weighted by molar-refractivity contribution is 7.47. The van der Waals surface area contributed by atoms with Crippen LogP contribution in [0.15, 0.2) is 0 Å². The molecule has 0 saturated heterocycles. The fraction of sp³-hybridized carbons (Fsp3) is 0.956. The maximum Gasteiger partial charge on any atom is 0.472 e. The second-order valence-electron chi connectivity index (χ2n) is 32.6. The van der Waals surface area contributed by atoms with Crippen LogP contribution in [0.2, 0.25) is 0 Å². The molecule has 0 aliphatic carbocycles. The van der Waals surface area contributed by atoms with E-state index in [1.54, 1.807) is 0 Å². The number of esters is 4. The maximum atomic E-state index is 13.2. The van der Waals surface area contributed by atoms with Crippen LogP contribution in [0.4, 0.5) is 0 Å². The van der Waals surface area contributed by atoms with Gasteiger partial charge in [-0.25, -0.2) is 9.13 Å². The van der Waals surface area contributed by atoms with Crippen molar-refractivity contribution in [3.63, 3.8) is 0 Å². The van der Waals surface area contributed by atoms with Gasteiger partial charge in [-0.1, -0.05) is 439 Å². The number of aliphatic hydroxyl groups is 1. The smallest absolute Gasteiger partial charge is 0.462 e. The number of hydrogen-bond donors (Lipinski definition) is 3. The standard InChI is InChI=1S/C90H176O17P2/c1-6-10-13-16-19-22-25-28-31-34-37-38-41-44-47-50-53-56-59-65-70-75-89(94)106-85(79-100-87(92)73-68-63-57-54-51-48-45-42-39-35-32-29-26-23-20-17-14-11-7-2)81-104-108(96,97)102-77-84(91)78-103-109(98,99)105-82-86(80-101-88(93)74-69-64-61-60-62-67-72-83(5)9-4)107-90(95)76-71-66-58-55-52-49-46-43-40-36-33-30-27-24-21-18-15-12-8-3/h83-86,91H,6-82H2,1-5H3,(H,96,97)(H,98,99)/t83?,84-,85-,86-/m1/s1. The molecular formula is C90H176O17P2. The molecule has 0 saturated carbocycles. The first kappa shape index (κ1) is 107. The molecule has 3 unspecified atom stereocenters. The Hall–Kier alpha value is -1.94. The fourth-order valence-corrected chi connectivity index (χ4v) is 15.7. The molecule has 3 N–H and O–H groups in total. The second-order valence-corrected chi connectivity index (χ2v) is 35.5. The summed E-state index contributed by atoms with van der Waals surface area (Å²) in [4.78, 5) is 73.4. The molecule has 0 rings (SSSR count). The molecule has 19 heteroatoms. The van der Waals surface area contributed by atoms with E-state index in [9.17, 15) is 43.2 Å². The predicted molar refractivity (Wildman–Crippen MR) is 451 cm³/mol. The van der Waals surface area contributed by atoms with E-state index in [2.05, 4.69) is 34.6 Å². The quantitative estimate of drug-likeness (QED) is 0.0222. The van der Waals surface area contributed by atoms with Gasteiger partial charge in [-0.3, -0.25) is 37.3 Å². The van der Waals surface area contributed by atoms with Crippen LogP contribution in [0.5, 0.6) is 0 Å². The van der Waals surface area contributed by atoms with Crippen molar-refractivity contribution < 1.29 is 80.2 Å². The third kappa shape index (κ3) is 82.4. The largest absolute Gasteiger partial charge is 0.472 e. The summed E-state index contributed by atoms with van der Waals surface area (Å²) in [6.07, 6.45) is 78.0. The van der Waals surface area contributed by atoms with Crippen molar-refractivity contribution in [1.29, 1.82) is 0 Å². The molecule has 0 fully saturated rings. The van der Waals surface area contributed by atoms with Gasteiger partial charge in [0.15, 0.2) is 12.2 Å². The van der Waals surface area contributed by atoms with Gasteiger partial charge in [-0.05, 0) is 31.6 Å². The van der Waals surface area contributed by atoms with E-state index in [4.69, 9.17) is 37.0 Å². The molecule has 0 radical (unpaired) electrons. The topological polar surface area (TPSA) is 237 Å². The molecule has 0 bridgehead atoms. The first-order valence-electron chi connectivity index (χ1n) is 46.7. The Morgan fingerprint density at radius 3 is 0.651 bits per heavy atom. The van der Waals surface area contributed by atoms with Crippen LogP contribution in [0.25, 0.3) is 0 Å². The minimum Gasteiger partial charge on any atom is -0.462 e. The van der Waals surface area contributed by atoms with Crippen molar-refractivity contribution >= 4 is 39.5 Å². The highest BCUT2D eigenvalue weighted by Crippen LogP contribution is 2.45. The van der Waals surface area contributed by atoms with E-state index in [1.165, 1.54) is 308 Å². The lowest BCUT2D eigenvalue weighted by Gasteiger charge is -2.21. The molecule has 0 aromatic carbocycles. The van der Waals surface area contributed by atoms with Crippen molar-refractivity contribution in [2.24, 2.45) is 5.92 Å². The Morgan fingerprint density at radius 1 is 0.257 bits per heavy atom. The van der Waals surface area contributed by atoms with E-state index in [-0.39, 0.29) is 25.7 Å². The first-order valence-corrected chi connectivity index (χ1v) is 49.7. The molecule has 0 aliphatic rings. The lowest BCUT2D eigenvalue weighted by molar-refractivity contribution is -0.161. The van der Waals surface area contributed by atoms with E-state index in [0.29, 0.717) is 25.7 Å². The normalized spacial score (nSPS) is 13.9. The Kier molecular flexibility index (Phi) is 81.1. The lowest BCUT2D eigenvalue weighted by Crippen LogP contribution is -2.30. The van der Waals surface area contributed by atoms with Crippen molar-refractivity contribution in [2.75, 3.05) is 39.6 Å². The summed E-state index contributed by atoms with van der Waals surface area (Å²) in [7, 11) is -9.93. The Labute approximate surface area is 670 Å². The van der Waals surface area contributed by atoms with Crippen molar-refractivity contribution in [3.8, 4) is 0 Å². The molecule has 6 atom stereocenters. The predicted octanol–water partition coefficient (Wildman–Crippen LogP) is 27.9. The van der Waals surface area contributed by atoms with Crippen molar-refractivity contribution in [3.05, 3.63) is 0 Å². The summed E-state index contributed by atoms with van der Waals surface area (Å²) in [6.45, 7) is 7.35. The molecule has 0 aliphatic heterocycles. The average molecular weight is 1590 g/mol. The second kappa shape index (κ2) is 82.6. The molecule has 0 spiro atoms. The number of hydrogen-bond acceptors (Lipinski definition) is 15. The molecule has 0 amide bonds. The minimum atomic E-state index is -4.97. The number of phosphoric acid groups is 2. The summed E-state index contributed by atoms with van der Waals surface area (Å²) >= 11 is 0. The average Bonchev–Trinajstić information content (AvgIpc) is 0.900. The summed E-state index contributed by atoms with van der Waals surface area (Å²) in [5.41, 5.74) is 0. The zero-order chi connectivity index (χ0) is 79.7. The van der Waals surface area contributed by atoms with Gasteiger partial charge in [0, 0.05) is 25.7 Å². The summed E-state index contributed by atoms with van der Waals surface area (Å²) < 4.78 is 69.0. The molecule has 0 aromatic rings. The third-order valence-corrected chi connectivity index (χ3v) is 23.5. The van der Waals surface area contributed by atoms with Crippen LogP contribution in [-0.4, -0.2) is 96.7 Å². The Morgan fingerprint density at radius 2 is 0.440 bits per heavy atom. The van der Waals surface area contributed by atoms with Gasteiger partial charge in [0.1, 0.15) is 19.3 Å². The van der Waals surface area contributed by atoms with Crippen LogP contribution in [0, 0.1) is 5.92 Å². The molecule has 0 aromatic heterocycles. The van der Waals surface area contributed by atoms with Crippen LogP contribution in [-0.2, 0) is 65.4 Å². The molecule has 648 valence electrons. The third-order valence-electron chi connectivity index (χ3n) is 21.6. The summed E-state index contributed by atoms with van der Waals surface area (Å²) in [5.74, 6) is -1.37. The number of carbonyl (C=O) groups is 4. The van der Waals surface area contributed by atoms with Gasteiger partial charge in [-0.2, -0.15) is 0 Å². The first-order chi connectivity index (χ1) is 53.1.